The lowest BCUT2D eigenvalue weighted by atomic mass is 9.95. The predicted molar refractivity (Wildman–Crippen MR) is 92.3 cm³/mol. The summed E-state index contributed by atoms with van der Waals surface area (Å²) >= 11 is 1.46. The van der Waals surface area contributed by atoms with Crippen LogP contribution in [0.1, 0.15) is 18.9 Å². The van der Waals surface area contributed by atoms with Gasteiger partial charge in [-0.1, -0.05) is 42.1 Å². The normalized spacial score (nSPS) is 26.2. The Morgan fingerprint density at radius 1 is 1.50 bits per heavy atom. The topological polar surface area (TPSA) is 62.1 Å². The van der Waals surface area contributed by atoms with E-state index in [0.717, 1.165) is 10.7 Å². The van der Waals surface area contributed by atoms with Crippen molar-refractivity contribution in [2.24, 2.45) is 4.99 Å². The number of hydrogen-bond donors (Lipinski definition) is 1. The lowest BCUT2D eigenvalue weighted by Gasteiger charge is -2.36. The summed E-state index contributed by atoms with van der Waals surface area (Å²) in [4.78, 5) is 18.1. The molecule has 2 heterocycles. The molecule has 2 aliphatic rings. The number of amidine groups is 1. The van der Waals surface area contributed by atoms with E-state index in [-0.39, 0.29) is 34.6 Å². The van der Waals surface area contributed by atoms with Gasteiger partial charge in [-0.3, -0.25) is 9.79 Å². The number of fused-ring (bicyclic) bond motifs is 1. The van der Waals surface area contributed by atoms with Crippen molar-refractivity contribution in [2.75, 3.05) is 19.7 Å². The Labute approximate surface area is 144 Å². The van der Waals surface area contributed by atoms with Gasteiger partial charge in [0.05, 0.1) is 24.8 Å². The fourth-order valence-electron chi connectivity index (χ4n) is 2.81. The summed E-state index contributed by atoms with van der Waals surface area (Å²) in [6.45, 7) is 3.49. The molecular formula is C15H19BrN2O3S. The quantitative estimate of drug-likeness (QED) is 0.803. The number of benzene rings is 1. The predicted octanol–water partition coefficient (Wildman–Crippen LogP) is 2.15. The molecule has 5 nitrogen and oxygen atoms in total. The van der Waals surface area contributed by atoms with Gasteiger partial charge >= 0.3 is 5.97 Å². The van der Waals surface area contributed by atoms with Gasteiger partial charge in [0.2, 0.25) is 0 Å². The molecule has 0 saturated carbocycles. The molecular weight excluding hydrogens is 368 g/mol. The smallest absolute Gasteiger partial charge is 0.307 e. The van der Waals surface area contributed by atoms with Gasteiger partial charge < -0.3 is 14.7 Å². The third kappa shape index (κ3) is 2.89. The first-order valence-electron chi connectivity index (χ1n) is 7.08. The van der Waals surface area contributed by atoms with Crippen molar-refractivity contribution >= 4 is 39.9 Å². The van der Waals surface area contributed by atoms with E-state index < -0.39 is 5.72 Å². The Kier molecular flexibility index (Phi) is 5.52. The summed E-state index contributed by atoms with van der Waals surface area (Å²) in [7, 11) is 0. The highest BCUT2D eigenvalue weighted by molar-refractivity contribution is 8.93. The second-order valence-electron chi connectivity index (χ2n) is 5.02. The third-order valence-corrected chi connectivity index (χ3v) is 5.11. The SMILES string of the molecule is Br.CCOC(=O)CC1SC2=NCCN2C1(O)c1ccccc1. The van der Waals surface area contributed by atoms with Gasteiger partial charge in [-0.2, -0.15) is 0 Å². The number of nitrogens with zero attached hydrogens (tertiary/aromatic N) is 2. The average molecular weight is 387 g/mol. The minimum atomic E-state index is -1.20. The van der Waals surface area contributed by atoms with E-state index in [1.165, 1.54) is 11.8 Å². The molecule has 2 unspecified atom stereocenters. The van der Waals surface area contributed by atoms with Gasteiger partial charge in [-0.15, -0.1) is 17.0 Å². The van der Waals surface area contributed by atoms with Crippen LogP contribution in [0.25, 0.3) is 0 Å². The second-order valence-corrected chi connectivity index (χ2v) is 6.19. The fraction of sp³-hybridized carbons (Fsp3) is 0.467. The van der Waals surface area contributed by atoms with Crippen molar-refractivity contribution < 1.29 is 14.6 Å². The Morgan fingerprint density at radius 2 is 2.23 bits per heavy atom. The van der Waals surface area contributed by atoms with Gasteiger partial charge in [0, 0.05) is 12.1 Å². The Balaban J connectivity index is 0.00000176. The molecule has 1 aromatic carbocycles. The first-order chi connectivity index (χ1) is 10.2. The van der Waals surface area contributed by atoms with Crippen LogP contribution in [-0.2, 0) is 15.3 Å². The molecule has 1 fully saturated rings. The van der Waals surface area contributed by atoms with Crippen LogP contribution in [0.3, 0.4) is 0 Å². The molecule has 0 bridgehead atoms. The Morgan fingerprint density at radius 3 is 2.91 bits per heavy atom. The number of aliphatic imine (C=N–C) groups is 1. The van der Waals surface area contributed by atoms with Crippen molar-refractivity contribution in [3.63, 3.8) is 0 Å². The summed E-state index contributed by atoms with van der Waals surface area (Å²) < 4.78 is 5.03. The average Bonchev–Trinajstić information content (AvgIpc) is 3.04. The maximum atomic E-state index is 11.8. The van der Waals surface area contributed by atoms with E-state index >= 15 is 0 Å². The molecule has 2 aliphatic heterocycles. The molecule has 7 heteroatoms. The van der Waals surface area contributed by atoms with E-state index in [1.807, 2.05) is 35.2 Å². The lowest BCUT2D eigenvalue weighted by molar-refractivity contribution is -0.146. The zero-order valence-electron chi connectivity index (χ0n) is 12.3. The first kappa shape index (κ1) is 17.3. The van der Waals surface area contributed by atoms with Crippen molar-refractivity contribution in [2.45, 2.75) is 24.3 Å². The minimum Gasteiger partial charge on any atom is -0.466 e. The molecule has 0 aromatic heterocycles. The fourth-order valence-corrected chi connectivity index (χ4v) is 4.23. The molecule has 1 N–H and O–H groups in total. The highest BCUT2D eigenvalue weighted by Crippen LogP contribution is 2.47. The summed E-state index contributed by atoms with van der Waals surface area (Å²) in [6.07, 6.45) is 0.166. The second kappa shape index (κ2) is 7.02. The van der Waals surface area contributed by atoms with Crippen LogP contribution in [-0.4, -0.2) is 46.1 Å². The highest BCUT2D eigenvalue weighted by atomic mass is 79.9. The van der Waals surface area contributed by atoms with Crippen molar-refractivity contribution in [3.8, 4) is 0 Å². The molecule has 1 saturated heterocycles. The van der Waals surface area contributed by atoms with Crippen molar-refractivity contribution in [3.05, 3.63) is 35.9 Å². The molecule has 3 rings (SSSR count). The van der Waals surface area contributed by atoms with Crippen LogP contribution in [0.5, 0.6) is 0 Å². The Bertz CT molecular complexity index is 569. The van der Waals surface area contributed by atoms with Gasteiger partial charge in [-0.25, -0.2) is 0 Å². The third-order valence-electron chi connectivity index (χ3n) is 3.77. The minimum absolute atomic E-state index is 0. The van der Waals surface area contributed by atoms with E-state index in [1.54, 1.807) is 6.92 Å². The molecule has 0 aliphatic carbocycles. The summed E-state index contributed by atoms with van der Waals surface area (Å²) in [5.74, 6) is -0.286. The standard InChI is InChI=1S/C15H18N2O3S.BrH/c1-2-20-13(18)10-12-15(19,11-6-4-3-5-7-11)17-9-8-16-14(17)21-12;/h3-7,12,19H,2,8-10H2,1H3;1H. The largest absolute Gasteiger partial charge is 0.466 e. The van der Waals surface area contributed by atoms with Crippen LogP contribution in [0.15, 0.2) is 35.3 Å². The zero-order chi connectivity index (χ0) is 14.9. The number of aliphatic hydroxyl groups is 1. The van der Waals surface area contributed by atoms with Crippen molar-refractivity contribution in [1.29, 1.82) is 0 Å². The van der Waals surface area contributed by atoms with Gasteiger partial charge in [0.15, 0.2) is 10.9 Å². The summed E-state index contributed by atoms with van der Waals surface area (Å²) in [6, 6.07) is 9.48. The molecule has 2 atom stereocenters. The highest BCUT2D eigenvalue weighted by Gasteiger charge is 2.54. The number of carbonyl (C=O) groups excluding carboxylic acids is 1. The van der Waals surface area contributed by atoms with Crippen LogP contribution in [0, 0.1) is 0 Å². The maximum absolute atomic E-state index is 11.8. The number of esters is 1. The van der Waals surface area contributed by atoms with E-state index in [2.05, 4.69) is 4.99 Å². The van der Waals surface area contributed by atoms with Crippen LogP contribution in [0.2, 0.25) is 0 Å². The van der Waals surface area contributed by atoms with E-state index in [4.69, 9.17) is 4.74 Å². The molecule has 1 aromatic rings. The van der Waals surface area contributed by atoms with Crippen LogP contribution >= 0.6 is 28.7 Å². The van der Waals surface area contributed by atoms with Gasteiger partial charge in [-0.05, 0) is 6.92 Å². The molecule has 0 spiro atoms. The van der Waals surface area contributed by atoms with E-state index in [0.29, 0.717) is 19.7 Å². The first-order valence-corrected chi connectivity index (χ1v) is 7.96. The summed E-state index contributed by atoms with van der Waals surface area (Å²) in [5, 5.41) is 11.8. The molecule has 22 heavy (non-hydrogen) atoms. The number of ether oxygens (including phenoxy) is 1. The monoisotopic (exact) mass is 386 g/mol. The maximum Gasteiger partial charge on any atom is 0.307 e. The molecule has 120 valence electrons. The number of rotatable bonds is 4. The number of halogens is 1. The lowest BCUT2D eigenvalue weighted by Crippen LogP contribution is -2.48. The van der Waals surface area contributed by atoms with Crippen LogP contribution in [0.4, 0.5) is 0 Å². The van der Waals surface area contributed by atoms with E-state index in [9.17, 15) is 9.90 Å². The molecule has 0 radical (unpaired) electrons. The van der Waals surface area contributed by atoms with Gasteiger partial charge in [0.1, 0.15) is 0 Å². The van der Waals surface area contributed by atoms with Gasteiger partial charge in [0.25, 0.3) is 0 Å². The zero-order valence-corrected chi connectivity index (χ0v) is 14.8. The van der Waals surface area contributed by atoms with Crippen molar-refractivity contribution in [1.82, 2.24) is 4.90 Å². The van der Waals surface area contributed by atoms with Crippen LogP contribution < -0.4 is 0 Å². The molecule has 0 amide bonds. The number of hydrogen-bond acceptors (Lipinski definition) is 6. The summed E-state index contributed by atoms with van der Waals surface area (Å²) in [5.41, 5.74) is -0.410. The number of thioether (sulfide) groups is 1. The number of carbonyl (C=O) groups is 1. The Hall–Kier alpha value is -1.05.